The Morgan fingerprint density at radius 2 is 2.05 bits per heavy atom. The van der Waals surface area contributed by atoms with Crippen molar-refractivity contribution in [2.75, 3.05) is 26.9 Å². The van der Waals surface area contributed by atoms with Crippen LogP contribution in [-0.4, -0.2) is 43.0 Å². The standard InChI is InChI=1S/C15H17NO5/c1-3-20-4-5-21-14-7-11-10(6-13(14)19-2)8-16-9-12(11)15(17)18/h6-9H,3-5H2,1-2H3,(H,17,18). The zero-order chi connectivity index (χ0) is 15.2. The molecule has 0 saturated heterocycles. The van der Waals surface area contributed by atoms with Gasteiger partial charge < -0.3 is 19.3 Å². The number of hydrogen-bond donors (Lipinski definition) is 1. The summed E-state index contributed by atoms with van der Waals surface area (Å²) in [6.45, 7) is 3.35. The molecule has 0 radical (unpaired) electrons. The first-order valence-electron chi connectivity index (χ1n) is 6.57. The van der Waals surface area contributed by atoms with Gasteiger partial charge in [0.2, 0.25) is 0 Å². The van der Waals surface area contributed by atoms with Crippen molar-refractivity contribution in [1.29, 1.82) is 0 Å². The molecule has 0 unspecified atom stereocenters. The average Bonchev–Trinajstić information content (AvgIpc) is 2.49. The van der Waals surface area contributed by atoms with E-state index in [4.69, 9.17) is 14.2 Å². The highest BCUT2D eigenvalue weighted by atomic mass is 16.5. The van der Waals surface area contributed by atoms with Gasteiger partial charge in [0.1, 0.15) is 6.61 Å². The lowest BCUT2D eigenvalue weighted by Gasteiger charge is -2.12. The monoisotopic (exact) mass is 291 g/mol. The number of aromatic carboxylic acids is 1. The molecule has 1 heterocycles. The Bertz CT molecular complexity index is 641. The van der Waals surface area contributed by atoms with Crippen LogP contribution in [0.3, 0.4) is 0 Å². The first-order chi connectivity index (χ1) is 10.2. The first kappa shape index (κ1) is 15.1. The lowest BCUT2D eigenvalue weighted by Crippen LogP contribution is -2.07. The lowest BCUT2D eigenvalue weighted by molar-refractivity contribution is 0.0698. The molecule has 0 atom stereocenters. The summed E-state index contributed by atoms with van der Waals surface area (Å²) in [6.07, 6.45) is 2.91. The normalized spacial score (nSPS) is 10.6. The van der Waals surface area contributed by atoms with Gasteiger partial charge in [-0.3, -0.25) is 4.98 Å². The van der Waals surface area contributed by atoms with Gasteiger partial charge in [-0.2, -0.15) is 0 Å². The van der Waals surface area contributed by atoms with Crippen LogP contribution in [0.15, 0.2) is 24.5 Å². The molecule has 0 aliphatic carbocycles. The second-order valence-electron chi connectivity index (χ2n) is 4.26. The topological polar surface area (TPSA) is 77.9 Å². The first-order valence-corrected chi connectivity index (χ1v) is 6.57. The molecule has 0 bridgehead atoms. The molecule has 6 nitrogen and oxygen atoms in total. The van der Waals surface area contributed by atoms with E-state index in [1.165, 1.54) is 13.3 Å². The Labute approximate surface area is 122 Å². The maximum absolute atomic E-state index is 11.2. The number of ether oxygens (including phenoxy) is 3. The fourth-order valence-electron chi connectivity index (χ4n) is 1.98. The maximum atomic E-state index is 11.2. The molecule has 112 valence electrons. The number of methoxy groups -OCH3 is 1. The van der Waals surface area contributed by atoms with Crippen molar-refractivity contribution in [3.05, 3.63) is 30.1 Å². The van der Waals surface area contributed by atoms with Crippen molar-refractivity contribution in [2.24, 2.45) is 0 Å². The van der Waals surface area contributed by atoms with Gasteiger partial charge in [0.25, 0.3) is 0 Å². The van der Waals surface area contributed by atoms with Crippen molar-refractivity contribution < 1.29 is 24.1 Å². The van der Waals surface area contributed by atoms with Crippen molar-refractivity contribution >= 4 is 16.7 Å². The van der Waals surface area contributed by atoms with Crippen LogP contribution in [-0.2, 0) is 4.74 Å². The minimum absolute atomic E-state index is 0.129. The van der Waals surface area contributed by atoms with E-state index in [2.05, 4.69) is 4.98 Å². The fourth-order valence-corrected chi connectivity index (χ4v) is 1.98. The molecule has 0 spiro atoms. The van der Waals surface area contributed by atoms with Gasteiger partial charge in [-0.05, 0) is 19.1 Å². The molecule has 0 saturated carbocycles. The van der Waals surface area contributed by atoms with Gasteiger partial charge in [0.05, 0.1) is 19.3 Å². The summed E-state index contributed by atoms with van der Waals surface area (Å²) < 4.78 is 16.1. The van der Waals surface area contributed by atoms with Crippen LogP contribution in [0.2, 0.25) is 0 Å². The Balaban J connectivity index is 2.38. The Kier molecular flexibility index (Phi) is 4.94. The van der Waals surface area contributed by atoms with Crippen molar-refractivity contribution in [2.45, 2.75) is 6.92 Å². The molecule has 0 fully saturated rings. The summed E-state index contributed by atoms with van der Waals surface area (Å²) in [5.41, 5.74) is 0.129. The van der Waals surface area contributed by atoms with Gasteiger partial charge in [-0.25, -0.2) is 4.79 Å². The SMILES string of the molecule is CCOCCOc1cc2c(C(=O)O)cncc2cc1OC. The van der Waals surface area contributed by atoms with E-state index in [9.17, 15) is 9.90 Å². The van der Waals surface area contributed by atoms with E-state index < -0.39 is 5.97 Å². The van der Waals surface area contributed by atoms with E-state index in [1.807, 2.05) is 6.92 Å². The van der Waals surface area contributed by atoms with E-state index >= 15 is 0 Å². The van der Waals surface area contributed by atoms with Crippen LogP contribution in [0, 0.1) is 0 Å². The number of nitrogens with zero attached hydrogens (tertiary/aromatic N) is 1. The van der Waals surface area contributed by atoms with E-state index in [0.717, 1.165) is 0 Å². The third-order valence-electron chi connectivity index (χ3n) is 2.96. The molecule has 2 rings (SSSR count). The molecule has 1 aromatic carbocycles. The number of carbonyl (C=O) groups is 1. The van der Waals surface area contributed by atoms with Crippen LogP contribution >= 0.6 is 0 Å². The second-order valence-corrected chi connectivity index (χ2v) is 4.26. The van der Waals surface area contributed by atoms with E-state index in [-0.39, 0.29) is 5.56 Å². The van der Waals surface area contributed by atoms with Crippen LogP contribution in [0.1, 0.15) is 17.3 Å². The Hall–Kier alpha value is -2.34. The molecule has 21 heavy (non-hydrogen) atoms. The highest BCUT2D eigenvalue weighted by Crippen LogP contribution is 2.33. The summed E-state index contributed by atoms with van der Waals surface area (Å²) in [7, 11) is 1.53. The number of rotatable bonds is 7. The smallest absolute Gasteiger partial charge is 0.337 e. The molecule has 0 amide bonds. The number of benzene rings is 1. The van der Waals surface area contributed by atoms with E-state index in [0.29, 0.717) is 42.1 Å². The second kappa shape index (κ2) is 6.90. The molecular formula is C15H17NO5. The number of carboxylic acids is 1. The third kappa shape index (κ3) is 3.41. The Morgan fingerprint density at radius 1 is 1.24 bits per heavy atom. The zero-order valence-corrected chi connectivity index (χ0v) is 12.0. The van der Waals surface area contributed by atoms with Crippen LogP contribution in [0.25, 0.3) is 10.8 Å². The molecular weight excluding hydrogens is 274 g/mol. The minimum atomic E-state index is -1.03. The predicted octanol–water partition coefficient (Wildman–Crippen LogP) is 2.36. The summed E-state index contributed by atoms with van der Waals surface area (Å²) >= 11 is 0. The van der Waals surface area contributed by atoms with Gasteiger partial charge in [0, 0.05) is 29.8 Å². The summed E-state index contributed by atoms with van der Waals surface area (Å²) in [6, 6.07) is 3.37. The van der Waals surface area contributed by atoms with Crippen molar-refractivity contribution in [3.8, 4) is 11.5 Å². The summed E-state index contributed by atoms with van der Waals surface area (Å²) in [4.78, 5) is 15.2. The molecule has 1 aromatic heterocycles. The van der Waals surface area contributed by atoms with Crippen molar-refractivity contribution in [3.63, 3.8) is 0 Å². The maximum Gasteiger partial charge on any atom is 0.337 e. The van der Waals surface area contributed by atoms with Gasteiger partial charge in [-0.1, -0.05) is 0 Å². The number of carboxylic acid groups (broad SMARTS) is 1. The largest absolute Gasteiger partial charge is 0.493 e. The van der Waals surface area contributed by atoms with Gasteiger partial charge in [0.15, 0.2) is 11.5 Å². The third-order valence-corrected chi connectivity index (χ3v) is 2.96. The van der Waals surface area contributed by atoms with Crippen LogP contribution in [0.5, 0.6) is 11.5 Å². The highest BCUT2D eigenvalue weighted by molar-refractivity contribution is 6.04. The van der Waals surface area contributed by atoms with Gasteiger partial charge >= 0.3 is 5.97 Å². The zero-order valence-electron chi connectivity index (χ0n) is 12.0. The average molecular weight is 291 g/mol. The fraction of sp³-hybridized carbons (Fsp3) is 0.333. The van der Waals surface area contributed by atoms with Crippen LogP contribution < -0.4 is 9.47 Å². The molecule has 2 aromatic rings. The molecule has 0 aliphatic heterocycles. The Morgan fingerprint density at radius 3 is 2.71 bits per heavy atom. The number of hydrogen-bond acceptors (Lipinski definition) is 5. The van der Waals surface area contributed by atoms with E-state index in [1.54, 1.807) is 18.3 Å². The lowest BCUT2D eigenvalue weighted by atomic mass is 10.1. The summed E-state index contributed by atoms with van der Waals surface area (Å²) in [5, 5.41) is 10.5. The molecule has 6 heteroatoms. The number of pyridine rings is 1. The highest BCUT2D eigenvalue weighted by Gasteiger charge is 2.13. The van der Waals surface area contributed by atoms with Gasteiger partial charge in [-0.15, -0.1) is 0 Å². The molecule has 0 aliphatic rings. The van der Waals surface area contributed by atoms with Crippen LogP contribution in [0.4, 0.5) is 0 Å². The predicted molar refractivity (Wildman–Crippen MR) is 77.2 cm³/mol. The molecule has 1 N–H and O–H groups in total. The number of fused-ring (bicyclic) bond motifs is 1. The number of aromatic nitrogens is 1. The minimum Gasteiger partial charge on any atom is -0.493 e. The van der Waals surface area contributed by atoms with Crippen molar-refractivity contribution in [1.82, 2.24) is 4.98 Å². The quantitative estimate of drug-likeness (QED) is 0.789. The summed E-state index contributed by atoms with van der Waals surface area (Å²) in [5.74, 6) is -0.0136.